The first-order chi connectivity index (χ1) is 10.1. The molecule has 3 aliphatic rings. The smallest absolute Gasteiger partial charge is 0.0672 e. The van der Waals surface area contributed by atoms with Crippen molar-refractivity contribution in [2.45, 2.75) is 64.8 Å². The van der Waals surface area contributed by atoms with Gasteiger partial charge in [0.05, 0.1) is 25.9 Å². The normalized spacial score (nSPS) is 36.0. The van der Waals surface area contributed by atoms with E-state index in [0.717, 1.165) is 39.0 Å². The molecule has 0 aromatic carbocycles. The third kappa shape index (κ3) is 10.2. The van der Waals surface area contributed by atoms with Crippen LogP contribution >= 0.6 is 0 Å². The highest BCUT2D eigenvalue weighted by molar-refractivity contribution is 4.68. The lowest BCUT2D eigenvalue weighted by atomic mass is 10.3. The summed E-state index contributed by atoms with van der Waals surface area (Å²) in [6, 6.07) is 1.91. The summed E-state index contributed by atoms with van der Waals surface area (Å²) in [5, 5.41) is 9.88. The highest BCUT2D eigenvalue weighted by atomic mass is 16.5. The van der Waals surface area contributed by atoms with Crippen LogP contribution in [0.5, 0.6) is 0 Å². The van der Waals surface area contributed by atoms with E-state index in [1.807, 2.05) is 0 Å². The Bertz CT molecular complexity index is 224. The molecule has 1 unspecified atom stereocenters. The summed E-state index contributed by atoms with van der Waals surface area (Å²) in [4.78, 5) is 0. The van der Waals surface area contributed by atoms with Crippen LogP contribution in [0.4, 0.5) is 0 Å². The molecule has 126 valence electrons. The molecule has 0 aromatic heterocycles. The largest absolute Gasteiger partial charge is 0.379 e. The maximum atomic E-state index is 5.33. The third-order valence-corrected chi connectivity index (χ3v) is 3.80. The van der Waals surface area contributed by atoms with Gasteiger partial charge in [-0.1, -0.05) is 0 Å². The van der Waals surface area contributed by atoms with Crippen LogP contribution in [-0.4, -0.2) is 63.7 Å². The Labute approximate surface area is 130 Å². The Morgan fingerprint density at radius 2 is 1.52 bits per heavy atom. The molecule has 0 saturated carbocycles. The minimum absolute atomic E-state index is 0.409. The lowest BCUT2D eigenvalue weighted by Crippen LogP contribution is -2.43. The molecule has 21 heavy (non-hydrogen) atoms. The Hall–Kier alpha value is -0.200. The van der Waals surface area contributed by atoms with Crippen LogP contribution in [0.2, 0.25) is 0 Å². The zero-order valence-corrected chi connectivity index (χ0v) is 14.3. The molecule has 3 fully saturated rings. The predicted molar refractivity (Wildman–Crippen MR) is 87.9 cm³/mol. The number of rotatable bonds is 0. The van der Waals surface area contributed by atoms with Gasteiger partial charge in [0.2, 0.25) is 0 Å². The van der Waals surface area contributed by atoms with Gasteiger partial charge in [-0.05, 0) is 47.1 Å². The average Bonchev–Trinajstić information content (AvgIpc) is 2.95. The van der Waals surface area contributed by atoms with E-state index >= 15 is 0 Å². The van der Waals surface area contributed by atoms with Gasteiger partial charge in [-0.2, -0.15) is 0 Å². The quantitative estimate of drug-likeness (QED) is 0.626. The predicted octanol–water partition coefficient (Wildman–Crippen LogP) is 1.14. The van der Waals surface area contributed by atoms with Crippen molar-refractivity contribution in [1.29, 1.82) is 0 Å². The van der Waals surface area contributed by atoms with Crippen molar-refractivity contribution in [3.8, 4) is 0 Å². The maximum Gasteiger partial charge on any atom is 0.0672 e. The first kappa shape index (κ1) is 18.8. The SMILES string of the molecule is CC1CN[C@@H](C)CO1.C[C@H]1CCCN1.C[C@H]1COCCN1. The maximum absolute atomic E-state index is 5.33. The van der Waals surface area contributed by atoms with Crippen LogP contribution < -0.4 is 16.0 Å². The van der Waals surface area contributed by atoms with E-state index < -0.39 is 0 Å². The Morgan fingerprint density at radius 1 is 0.810 bits per heavy atom. The highest BCUT2D eigenvalue weighted by Crippen LogP contribution is 2.01. The van der Waals surface area contributed by atoms with Gasteiger partial charge in [-0.25, -0.2) is 0 Å². The Kier molecular flexibility index (Phi) is 10.2. The molecule has 5 nitrogen and oxygen atoms in total. The zero-order chi connectivity index (χ0) is 15.5. The minimum atomic E-state index is 0.409. The third-order valence-electron chi connectivity index (χ3n) is 3.80. The number of hydrogen-bond donors (Lipinski definition) is 3. The summed E-state index contributed by atoms with van der Waals surface area (Å²) in [5.74, 6) is 0. The fraction of sp³-hybridized carbons (Fsp3) is 1.00. The molecular formula is C16H35N3O2. The Balaban J connectivity index is 0.000000159. The topological polar surface area (TPSA) is 54.5 Å². The van der Waals surface area contributed by atoms with Crippen LogP contribution in [-0.2, 0) is 9.47 Å². The van der Waals surface area contributed by atoms with Crippen molar-refractivity contribution in [2.75, 3.05) is 39.5 Å². The molecular weight excluding hydrogens is 266 g/mol. The summed E-state index contributed by atoms with van der Waals surface area (Å²) < 4.78 is 10.4. The monoisotopic (exact) mass is 301 g/mol. The lowest BCUT2D eigenvalue weighted by Gasteiger charge is -2.25. The van der Waals surface area contributed by atoms with Gasteiger partial charge in [-0.3, -0.25) is 0 Å². The molecule has 3 heterocycles. The van der Waals surface area contributed by atoms with Gasteiger partial charge in [-0.15, -0.1) is 0 Å². The van der Waals surface area contributed by atoms with E-state index in [9.17, 15) is 0 Å². The summed E-state index contributed by atoms with van der Waals surface area (Å²) in [7, 11) is 0. The van der Waals surface area contributed by atoms with Gasteiger partial charge >= 0.3 is 0 Å². The molecule has 3 rings (SSSR count). The molecule has 0 amide bonds. The molecule has 3 aliphatic heterocycles. The first-order valence-electron chi connectivity index (χ1n) is 8.47. The van der Waals surface area contributed by atoms with Crippen molar-refractivity contribution < 1.29 is 9.47 Å². The second kappa shape index (κ2) is 11.4. The van der Waals surface area contributed by atoms with Crippen LogP contribution in [0.3, 0.4) is 0 Å². The van der Waals surface area contributed by atoms with E-state index in [1.54, 1.807) is 0 Å². The first-order valence-corrected chi connectivity index (χ1v) is 8.47. The van der Waals surface area contributed by atoms with E-state index in [2.05, 4.69) is 43.6 Å². The molecule has 3 saturated heterocycles. The summed E-state index contributed by atoms with van der Waals surface area (Å²) >= 11 is 0. The molecule has 0 radical (unpaired) electrons. The van der Waals surface area contributed by atoms with Crippen LogP contribution in [0, 0.1) is 0 Å². The molecule has 3 N–H and O–H groups in total. The fourth-order valence-electron chi connectivity index (χ4n) is 2.35. The van der Waals surface area contributed by atoms with Gasteiger partial charge in [0.25, 0.3) is 0 Å². The molecule has 5 heteroatoms. The summed E-state index contributed by atoms with van der Waals surface area (Å²) in [5.41, 5.74) is 0. The lowest BCUT2D eigenvalue weighted by molar-refractivity contribution is 0.0196. The van der Waals surface area contributed by atoms with E-state index in [4.69, 9.17) is 9.47 Å². The number of morpholine rings is 2. The van der Waals surface area contributed by atoms with Crippen LogP contribution in [0.25, 0.3) is 0 Å². The Morgan fingerprint density at radius 3 is 1.81 bits per heavy atom. The van der Waals surface area contributed by atoms with Crippen molar-refractivity contribution in [3.63, 3.8) is 0 Å². The van der Waals surface area contributed by atoms with Gasteiger partial charge in [0.1, 0.15) is 0 Å². The van der Waals surface area contributed by atoms with Gasteiger partial charge in [0, 0.05) is 31.2 Å². The summed E-state index contributed by atoms with van der Waals surface area (Å²) in [6.45, 7) is 14.4. The highest BCUT2D eigenvalue weighted by Gasteiger charge is 2.12. The van der Waals surface area contributed by atoms with E-state index in [-0.39, 0.29) is 0 Å². The molecule has 4 atom stereocenters. The minimum Gasteiger partial charge on any atom is -0.379 e. The molecule has 0 aromatic rings. The summed E-state index contributed by atoms with van der Waals surface area (Å²) in [6.07, 6.45) is 3.16. The number of hydrogen-bond acceptors (Lipinski definition) is 5. The molecule has 0 spiro atoms. The second-order valence-electron chi connectivity index (χ2n) is 6.38. The number of nitrogens with one attached hydrogen (secondary N) is 3. The van der Waals surface area contributed by atoms with E-state index in [1.165, 1.54) is 19.4 Å². The zero-order valence-electron chi connectivity index (χ0n) is 14.3. The van der Waals surface area contributed by atoms with Gasteiger partial charge in [0.15, 0.2) is 0 Å². The van der Waals surface area contributed by atoms with Crippen molar-refractivity contribution in [3.05, 3.63) is 0 Å². The standard InChI is InChI=1S/C6H13NO.C5H11NO.C5H11N/c1-5-4-8-6(2)3-7-5;1-5-4-7-3-2-6-5;1-5-3-2-4-6-5/h5-7H,3-4H2,1-2H3;5-6H,2-4H2,1H3;5-6H,2-4H2,1H3/t5-,6?;2*5-/m000/s1. The fourth-order valence-corrected chi connectivity index (χ4v) is 2.35. The van der Waals surface area contributed by atoms with Crippen LogP contribution in [0.1, 0.15) is 40.5 Å². The average molecular weight is 301 g/mol. The van der Waals surface area contributed by atoms with Crippen molar-refractivity contribution >= 4 is 0 Å². The number of ether oxygens (including phenoxy) is 2. The van der Waals surface area contributed by atoms with Crippen LogP contribution in [0.15, 0.2) is 0 Å². The van der Waals surface area contributed by atoms with Crippen molar-refractivity contribution in [2.24, 2.45) is 0 Å². The second-order valence-corrected chi connectivity index (χ2v) is 6.38. The van der Waals surface area contributed by atoms with E-state index in [0.29, 0.717) is 18.2 Å². The molecule has 0 bridgehead atoms. The van der Waals surface area contributed by atoms with Crippen molar-refractivity contribution in [1.82, 2.24) is 16.0 Å². The molecule has 0 aliphatic carbocycles. The van der Waals surface area contributed by atoms with Gasteiger partial charge < -0.3 is 25.4 Å².